The number of nitrogens with one attached hydrogen (secondary N) is 2. The van der Waals surface area contributed by atoms with Crippen molar-refractivity contribution in [1.29, 1.82) is 0 Å². The molecule has 4 nitrogen and oxygen atoms in total. The molecule has 1 aromatic carbocycles. The molecular formula is C18H29N3O. The first-order valence-electron chi connectivity index (χ1n) is 8.39. The molecule has 0 spiro atoms. The maximum atomic E-state index is 5.65. The summed E-state index contributed by atoms with van der Waals surface area (Å²) in [6.45, 7) is 9.77. The van der Waals surface area contributed by atoms with Gasteiger partial charge in [0, 0.05) is 19.7 Å². The van der Waals surface area contributed by atoms with Crippen molar-refractivity contribution in [2.75, 3.05) is 19.7 Å². The van der Waals surface area contributed by atoms with Gasteiger partial charge < -0.3 is 15.4 Å². The largest absolute Gasteiger partial charge is 0.378 e. The van der Waals surface area contributed by atoms with Crippen molar-refractivity contribution >= 4 is 5.96 Å². The number of guanidine groups is 1. The number of ether oxygens (including phenoxy) is 1. The maximum Gasteiger partial charge on any atom is 0.191 e. The van der Waals surface area contributed by atoms with Gasteiger partial charge in [0.15, 0.2) is 5.96 Å². The van der Waals surface area contributed by atoms with Gasteiger partial charge in [0.25, 0.3) is 0 Å². The van der Waals surface area contributed by atoms with Crippen LogP contribution in [0.25, 0.3) is 0 Å². The lowest BCUT2D eigenvalue weighted by atomic mass is 10.1. The van der Waals surface area contributed by atoms with Crippen LogP contribution in [-0.4, -0.2) is 31.8 Å². The van der Waals surface area contributed by atoms with Gasteiger partial charge in [-0.3, -0.25) is 0 Å². The van der Waals surface area contributed by atoms with E-state index in [4.69, 9.17) is 9.73 Å². The van der Waals surface area contributed by atoms with E-state index in [9.17, 15) is 0 Å². The van der Waals surface area contributed by atoms with E-state index in [0.29, 0.717) is 12.6 Å². The fourth-order valence-corrected chi connectivity index (χ4v) is 2.75. The molecule has 0 aromatic heterocycles. The van der Waals surface area contributed by atoms with E-state index >= 15 is 0 Å². The average molecular weight is 303 g/mol. The summed E-state index contributed by atoms with van der Waals surface area (Å²) in [6.07, 6.45) is 3.87. The first-order chi connectivity index (χ1) is 10.7. The lowest BCUT2D eigenvalue weighted by molar-refractivity contribution is 0.105. The Morgan fingerprint density at radius 3 is 2.86 bits per heavy atom. The monoisotopic (exact) mass is 303 g/mol. The predicted molar refractivity (Wildman–Crippen MR) is 92.3 cm³/mol. The van der Waals surface area contributed by atoms with Crippen LogP contribution >= 0.6 is 0 Å². The highest BCUT2D eigenvalue weighted by molar-refractivity contribution is 5.79. The molecule has 4 heteroatoms. The Kier molecular flexibility index (Phi) is 6.72. The average Bonchev–Trinajstić information content (AvgIpc) is 2.99. The van der Waals surface area contributed by atoms with E-state index in [1.54, 1.807) is 0 Å². The molecule has 0 saturated carbocycles. The lowest BCUT2D eigenvalue weighted by Gasteiger charge is -2.14. The molecular weight excluding hydrogens is 274 g/mol. The van der Waals surface area contributed by atoms with Gasteiger partial charge in [-0.25, -0.2) is 4.99 Å². The second kappa shape index (κ2) is 8.79. The number of nitrogens with zero attached hydrogens (tertiary/aromatic N) is 1. The fourth-order valence-electron chi connectivity index (χ4n) is 2.75. The quantitative estimate of drug-likeness (QED) is 0.627. The molecule has 1 fully saturated rings. The number of aliphatic imine (C=N–C) groups is 1. The van der Waals surface area contributed by atoms with Crippen LogP contribution in [0.2, 0.25) is 0 Å². The Morgan fingerprint density at radius 2 is 2.18 bits per heavy atom. The second-order valence-electron chi connectivity index (χ2n) is 5.98. The smallest absolute Gasteiger partial charge is 0.191 e. The van der Waals surface area contributed by atoms with E-state index in [2.05, 4.69) is 49.6 Å². The Balaban J connectivity index is 1.85. The highest BCUT2D eigenvalue weighted by Crippen LogP contribution is 2.14. The van der Waals surface area contributed by atoms with Gasteiger partial charge in [-0.05, 0) is 51.2 Å². The Labute approximate surface area is 134 Å². The third kappa shape index (κ3) is 5.34. The molecule has 122 valence electrons. The van der Waals surface area contributed by atoms with E-state index in [0.717, 1.165) is 32.1 Å². The molecule has 0 bridgehead atoms. The van der Waals surface area contributed by atoms with Gasteiger partial charge in [0.05, 0.1) is 12.6 Å². The van der Waals surface area contributed by atoms with Crippen LogP contribution in [-0.2, 0) is 11.3 Å². The van der Waals surface area contributed by atoms with Gasteiger partial charge in [-0.15, -0.1) is 0 Å². The minimum absolute atomic E-state index is 0.426. The first kappa shape index (κ1) is 16.8. The Morgan fingerprint density at radius 1 is 1.32 bits per heavy atom. The zero-order valence-corrected chi connectivity index (χ0v) is 14.1. The lowest BCUT2D eigenvalue weighted by Crippen LogP contribution is -2.38. The molecule has 0 amide bonds. The molecule has 1 aliphatic rings. The van der Waals surface area contributed by atoms with E-state index in [1.807, 2.05) is 0 Å². The highest BCUT2D eigenvalue weighted by Gasteiger charge is 2.14. The summed E-state index contributed by atoms with van der Waals surface area (Å²) in [5.74, 6) is 0.889. The van der Waals surface area contributed by atoms with Gasteiger partial charge in [0.1, 0.15) is 0 Å². The van der Waals surface area contributed by atoms with Gasteiger partial charge in [-0.1, -0.05) is 23.8 Å². The summed E-state index contributed by atoms with van der Waals surface area (Å²) in [4.78, 5) is 4.69. The van der Waals surface area contributed by atoms with Crippen LogP contribution < -0.4 is 10.6 Å². The summed E-state index contributed by atoms with van der Waals surface area (Å²) in [5, 5.41) is 6.71. The molecule has 2 rings (SSSR count). The van der Waals surface area contributed by atoms with E-state index in [-0.39, 0.29) is 0 Å². The summed E-state index contributed by atoms with van der Waals surface area (Å²) in [5.41, 5.74) is 3.88. The van der Waals surface area contributed by atoms with Crippen LogP contribution in [0.5, 0.6) is 0 Å². The summed E-state index contributed by atoms with van der Waals surface area (Å²) in [6, 6.07) is 6.53. The molecule has 2 N–H and O–H groups in total. The highest BCUT2D eigenvalue weighted by atomic mass is 16.5. The van der Waals surface area contributed by atoms with Crippen LogP contribution in [0.3, 0.4) is 0 Å². The topological polar surface area (TPSA) is 45.7 Å². The molecule has 1 heterocycles. The third-order valence-corrected chi connectivity index (χ3v) is 4.03. The van der Waals surface area contributed by atoms with Crippen molar-refractivity contribution in [1.82, 2.24) is 10.6 Å². The van der Waals surface area contributed by atoms with E-state index < -0.39 is 0 Å². The third-order valence-electron chi connectivity index (χ3n) is 4.03. The van der Waals surface area contributed by atoms with Crippen molar-refractivity contribution in [3.63, 3.8) is 0 Å². The van der Waals surface area contributed by atoms with Crippen molar-refractivity contribution in [3.05, 3.63) is 34.9 Å². The SMILES string of the molecule is CCNC(=NCc1ccc(C)cc1C)NCCC1CCCO1. The number of aryl methyl sites for hydroxylation is 2. The standard InChI is InChI=1S/C18H29N3O/c1-4-19-18(20-10-9-17-6-5-11-22-17)21-13-16-8-7-14(2)12-15(16)3/h7-8,12,17H,4-6,9-11,13H2,1-3H3,(H2,19,20,21). The van der Waals surface area contributed by atoms with Gasteiger partial charge in [-0.2, -0.15) is 0 Å². The van der Waals surface area contributed by atoms with Crippen molar-refractivity contribution < 1.29 is 4.74 Å². The minimum Gasteiger partial charge on any atom is -0.378 e. The summed E-state index contributed by atoms with van der Waals surface area (Å²) < 4.78 is 5.65. The van der Waals surface area contributed by atoms with Crippen molar-refractivity contribution in [2.24, 2.45) is 4.99 Å². The summed E-state index contributed by atoms with van der Waals surface area (Å²) in [7, 11) is 0. The van der Waals surface area contributed by atoms with Gasteiger partial charge in [0.2, 0.25) is 0 Å². The van der Waals surface area contributed by atoms with Crippen molar-refractivity contribution in [2.45, 2.75) is 52.7 Å². The van der Waals surface area contributed by atoms with Crippen LogP contribution in [0, 0.1) is 13.8 Å². The maximum absolute atomic E-state index is 5.65. The zero-order chi connectivity index (χ0) is 15.8. The fraction of sp³-hybridized carbons (Fsp3) is 0.611. The molecule has 1 unspecified atom stereocenters. The number of hydrogen-bond acceptors (Lipinski definition) is 2. The Bertz CT molecular complexity index is 493. The number of hydrogen-bond donors (Lipinski definition) is 2. The van der Waals surface area contributed by atoms with E-state index in [1.165, 1.54) is 29.5 Å². The van der Waals surface area contributed by atoms with Gasteiger partial charge >= 0.3 is 0 Å². The molecule has 0 aliphatic carbocycles. The second-order valence-corrected chi connectivity index (χ2v) is 5.98. The molecule has 1 atom stereocenters. The number of rotatable bonds is 6. The predicted octanol–water partition coefficient (Wildman–Crippen LogP) is 2.93. The van der Waals surface area contributed by atoms with Crippen LogP contribution in [0.1, 0.15) is 42.9 Å². The molecule has 0 radical (unpaired) electrons. The first-order valence-corrected chi connectivity index (χ1v) is 8.39. The minimum atomic E-state index is 0.426. The molecule has 1 saturated heterocycles. The normalized spacial score (nSPS) is 18.5. The van der Waals surface area contributed by atoms with Crippen molar-refractivity contribution in [3.8, 4) is 0 Å². The molecule has 1 aromatic rings. The Hall–Kier alpha value is -1.55. The molecule has 22 heavy (non-hydrogen) atoms. The zero-order valence-electron chi connectivity index (χ0n) is 14.1. The molecule has 1 aliphatic heterocycles. The van der Waals surface area contributed by atoms with Crippen LogP contribution in [0.15, 0.2) is 23.2 Å². The number of benzene rings is 1. The summed E-state index contributed by atoms with van der Waals surface area (Å²) >= 11 is 0. The van der Waals surface area contributed by atoms with Crippen LogP contribution in [0.4, 0.5) is 0 Å².